The Morgan fingerprint density at radius 1 is 0.574 bits per heavy atom. The molecule has 54 heavy (non-hydrogen) atoms. The van der Waals surface area contributed by atoms with E-state index in [0.29, 0.717) is 24.3 Å². The topological polar surface area (TPSA) is 348 Å². The van der Waals surface area contributed by atoms with Crippen molar-refractivity contribution in [1.82, 2.24) is 10.9 Å². The molecule has 2 aromatic carbocycles. The molecule has 2 amide bonds. The minimum atomic E-state index is -1.08. The maximum Gasteiger partial charge on any atom is 3.00 e. The van der Waals surface area contributed by atoms with Crippen molar-refractivity contribution in [3.8, 4) is 23.0 Å². The number of rotatable bonds is 8. The number of carbonyl (C=O) groups excluding carboxylic acids is 6. The number of aliphatic hydroxyl groups excluding tert-OH is 2. The molecule has 2 aromatic rings. The number of aliphatic hydroxyl groups is 2. The molecule has 0 aliphatic rings. The molecule has 0 unspecified atom stereocenters. The second-order valence-corrected chi connectivity index (χ2v) is 8.03. The second-order valence-electron chi connectivity index (χ2n) is 8.03. The number of benzene rings is 2. The van der Waals surface area contributed by atoms with Crippen molar-refractivity contribution in [2.45, 2.75) is 55.4 Å². The Bertz CT molecular complexity index is 1220. The van der Waals surface area contributed by atoms with Crippen LogP contribution in [0.15, 0.2) is 46.6 Å². The molecule has 2 radical (unpaired) electrons. The van der Waals surface area contributed by atoms with E-state index in [9.17, 15) is 19.8 Å². The normalized spacial score (nSPS) is 8.22. The molecule has 2 rings (SSSR count). The van der Waals surface area contributed by atoms with E-state index >= 15 is 0 Å². The van der Waals surface area contributed by atoms with Crippen molar-refractivity contribution in [2.24, 2.45) is 10.2 Å². The second kappa shape index (κ2) is 49.3. The molecule has 4 N–H and O–H groups in total. The van der Waals surface area contributed by atoms with Crippen LogP contribution in [-0.2, 0) is 28.8 Å². The molecule has 0 aromatic heterocycles. The number of hydrogen-bond acceptors (Lipinski definition) is 18. The van der Waals surface area contributed by atoms with Gasteiger partial charge in [-0.2, -0.15) is 10.2 Å². The van der Waals surface area contributed by atoms with Crippen LogP contribution in [0.2, 0.25) is 0 Å². The average molecular weight is 1070 g/mol. The van der Waals surface area contributed by atoms with Gasteiger partial charge in [0.15, 0.2) is 0 Å². The average Bonchev–Trinajstić information content (AvgIpc) is 3.02. The number of para-hydroxylation sites is 2. The third-order valence-electron chi connectivity index (χ3n) is 3.47. The first-order chi connectivity index (χ1) is 24.2. The van der Waals surface area contributed by atoms with E-state index < -0.39 is 23.9 Å². The van der Waals surface area contributed by atoms with Gasteiger partial charge in [-0.1, -0.05) is 35.8 Å². The fraction of sp³-hybridized carbons (Fsp3) is 0.375. The van der Waals surface area contributed by atoms with Crippen LogP contribution in [0.25, 0.3) is 0 Å². The molecule has 310 valence electrons. The summed E-state index contributed by atoms with van der Waals surface area (Å²) in [5, 5.41) is 80.2. The summed E-state index contributed by atoms with van der Waals surface area (Å²) >= 11 is 0. The zero-order valence-corrected chi connectivity index (χ0v) is 35.2. The molecule has 0 saturated heterocycles. The quantitative estimate of drug-likeness (QED) is 0.143. The van der Waals surface area contributed by atoms with Gasteiger partial charge in [-0.05, 0) is 64.8 Å². The first kappa shape index (κ1) is 68.3. The fourth-order valence-electron chi connectivity index (χ4n) is 2.19. The number of hydrazone groups is 2. The van der Waals surface area contributed by atoms with Gasteiger partial charge in [-0.3, -0.25) is 9.59 Å². The van der Waals surface area contributed by atoms with Crippen LogP contribution in [0, 0.1) is 76.3 Å². The summed E-state index contributed by atoms with van der Waals surface area (Å²) in [4.78, 5) is 56.7. The standard InChI is InChI=1S/2C11H14N2O3.4C2H4O2.2CH4O.2Dy/c2*1-3-16-10-6-4-5-9(11(10)15)7-12-13-8(2)14;4*1-2(3)4;2*1-2;;/h2*4-7,15H,3H2,1-2H3,(H,13,14);4*1H3,(H,3,4);2*2H,1H3;;/q;;;;;;;;2*+3/p-6/b2*12-7+;;;;;;;;. The molecule has 0 spiro atoms. The van der Waals surface area contributed by atoms with Crippen LogP contribution in [-0.4, -0.2) is 85.8 Å². The number of carboxylic acid groups (broad SMARTS) is 4. The van der Waals surface area contributed by atoms with Crippen LogP contribution >= 0.6 is 0 Å². The SMILES string of the molecule is CC(=O)[O-].CC(=O)[O-].CC(=O)[O-].CC(=O)[O-].CCOc1cccc(/C=N/NC(C)=O)c1[O-].CCOc1cccc(/C=N/NC(C)=O)c1[O-].CO.CO.[Dy+3].[Dy+3]. The molecule has 0 bridgehead atoms. The van der Waals surface area contributed by atoms with Crippen LogP contribution in [0.5, 0.6) is 23.0 Å². The summed E-state index contributed by atoms with van der Waals surface area (Å²) in [6.07, 6.45) is 2.60. The van der Waals surface area contributed by atoms with Crippen molar-refractivity contribution < 1.29 is 155 Å². The monoisotopic (exact) mass is 1070 g/mol. The molecule has 22 heteroatoms. The van der Waals surface area contributed by atoms with Gasteiger partial charge in [0, 0.05) is 51.9 Å². The van der Waals surface area contributed by atoms with Gasteiger partial charge >= 0.3 is 76.3 Å². The molecular formula is C32H46Dy2N4O16. The maximum atomic E-state index is 11.7. The molecule has 0 heterocycles. The largest absolute Gasteiger partial charge is 3.00 e. The van der Waals surface area contributed by atoms with Crippen molar-refractivity contribution in [1.29, 1.82) is 0 Å². The number of nitrogens with one attached hydrogen (secondary N) is 2. The first-order valence-electron chi connectivity index (χ1n) is 14.3. The number of carboxylic acids is 4. The molecule has 0 aliphatic carbocycles. The summed E-state index contributed by atoms with van der Waals surface area (Å²) in [6.45, 7) is 11.0. The molecular weight excluding hydrogens is 1020 g/mol. The summed E-state index contributed by atoms with van der Waals surface area (Å²) in [5.74, 6) is -4.81. The molecule has 0 atom stereocenters. The Labute approximate surface area is 374 Å². The van der Waals surface area contributed by atoms with Crippen molar-refractivity contribution in [2.75, 3.05) is 27.4 Å². The fourth-order valence-corrected chi connectivity index (χ4v) is 2.19. The third kappa shape index (κ3) is 60.4. The maximum absolute atomic E-state index is 11.7. The number of carbonyl (C=O) groups is 6. The Hall–Kier alpha value is -3.73. The van der Waals surface area contributed by atoms with Gasteiger partial charge in [0.2, 0.25) is 11.8 Å². The number of nitrogens with zero attached hydrogens (tertiary/aromatic N) is 2. The van der Waals surface area contributed by atoms with E-state index in [4.69, 9.17) is 59.3 Å². The van der Waals surface area contributed by atoms with Gasteiger partial charge in [-0.25, -0.2) is 10.9 Å². The predicted octanol–water partition coefficient (Wildman–Crippen LogP) is -4.50. The zero-order chi connectivity index (χ0) is 42.2. The van der Waals surface area contributed by atoms with Crippen molar-refractivity contribution >= 4 is 48.1 Å². The summed E-state index contributed by atoms with van der Waals surface area (Å²) in [5.41, 5.74) is 5.20. The minimum absolute atomic E-state index is 0. The van der Waals surface area contributed by atoms with Gasteiger partial charge in [0.25, 0.3) is 0 Å². The predicted molar refractivity (Wildman–Crippen MR) is 176 cm³/mol. The van der Waals surface area contributed by atoms with E-state index in [0.717, 1.165) is 41.9 Å². The number of hydrogen-bond donors (Lipinski definition) is 4. The van der Waals surface area contributed by atoms with Crippen LogP contribution in [0.4, 0.5) is 0 Å². The van der Waals surface area contributed by atoms with Gasteiger partial charge in [0.05, 0.1) is 25.6 Å². The minimum Gasteiger partial charge on any atom is -0.870 e. The van der Waals surface area contributed by atoms with Crippen molar-refractivity contribution in [3.63, 3.8) is 0 Å². The van der Waals surface area contributed by atoms with Gasteiger partial charge in [-0.15, -0.1) is 0 Å². The molecule has 0 fully saturated rings. The van der Waals surface area contributed by atoms with E-state index in [1.165, 1.54) is 26.3 Å². The Morgan fingerprint density at radius 3 is 0.981 bits per heavy atom. The van der Waals surface area contributed by atoms with E-state index in [1.54, 1.807) is 50.2 Å². The third-order valence-corrected chi connectivity index (χ3v) is 3.47. The Balaban J connectivity index is -0.0000000859. The number of ether oxygens (including phenoxy) is 2. The molecule has 0 aliphatic heterocycles. The summed E-state index contributed by atoms with van der Waals surface area (Å²) in [6, 6.07) is 9.80. The van der Waals surface area contributed by atoms with E-state index in [2.05, 4.69) is 21.1 Å². The first-order valence-corrected chi connectivity index (χ1v) is 14.3. The van der Waals surface area contributed by atoms with Gasteiger partial charge < -0.3 is 69.5 Å². The van der Waals surface area contributed by atoms with E-state index in [-0.39, 0.29) is 111 Å². The van der Waals surface area contributed by atoms with Crippen LogP contribution in [0.3, 0.4) is 0 Å². The zero-order valence-electron chi connectivity index (χ0n) is 31.2. The molecule has 0 saturated carbocycles. The summed E-state index contributed by atoms with van der Waals surface area (Å²) < 4.78 is 10.3. The Kier molecular flexibility index (Phi) is 62.3. The number of amides is 2. The molecule has 20 nitrogen and oxygen atoms in total. The van der Waals surface area contributed by atoms with Gasteiger partial charge in [0.1, 0.15) is 11.5 Å². The summed E-state index contributed by atoms with van der Waals surface area (Å²) in [7, 11) is 2.00. The van der Waals surface area contributed by atoms with Crippen molar-refractivity contribution in [3.05, 3.63) is 47.5 Å². The number of aliphatic carboxylic acids is 4. The Morgan fingerprint density at radius 2 is 0.796 bits per heavy atom. The van der Waals surface area contributed by atoms with Crippen LogP contribution in [0.1, 0.15) is 66.5 Å². The van der Waals surface area contributed by atoms with Crippen LogP contribution < -0.4 is 51.0 Å². The van der Waals surface area contributed by atoms with E-state index in [1.807, 2.05) is 0 Å². The smallest absolute Gasteiger partial charge is 0.870 e.